The zero-order valence-corrected chi connectivity index (χ0v) is 13.9. The van der Waals surface area contributed by atoms with Crippen LogP contribution in [0.2, 0.25) is 0 Å². The smallest absolute Gasteiger partial charge is 0.226 e. The lowest BCUT2D eigenvalue weighted by Gasteiger charge is -2.55. The number of aromatic nitrogens is 2. The molecule has 0 saturated heterocycles. The van der Waals surface area contributed by atoms with Gasteiger partial charge in [-0.15, -0.1) is 0 Å². The molecule has 0 unspecified atom stereocenters. The van der Waals surface area contributed by atoms with Crippen LogP contribution < -0.4 is 0 Å². The van der Waals surface area contributed by atoms with Crippen molar-refractivity contribution in [2.24, 2.45) is 17.8 Å². The molecule has 0 aliphatic heterocycles. The maximum Gasteiger partial charge on any atom is 0.226 e. The van der Waals surface area contributed by atoms with E-state index < -0.39 is 0 Å². The molecule has 4 saturated carbocycles. The summed E-state index contributed by atoms with van der Waals surface area (Å²) < 4.78 is 18.5. The summed E-state index contributed by atoms with van der Waals surface area (Å²) in [4.78, 5) is 4.78. The Morgan fingerprint density at radius 3 is 2.21 bits per heavy atom. The average Bonchev–Trinajstić information content (AvgIpc) is 3.03. The molecule has 4 aliphatic rings. The number of benzene rings is 1. The van der Waals surface area contributed by atoms with Gasteiger partial charge < -0.3 is 4.52 Å². The monoisotopic (exact) mass is 326 g/mol. The number of aryl methyl sites for hydroxylation is 2. The summed E-state index contributed by atoms with van der Waals surface area (Å²) in [5.74, 6) is 4.16. The van der Waals surface area contributed by atoms with Crippen LogP contribution in [0.4, 0.5) is 4.39 Å². The third-order valence-corrected chi connectivity index (χ3v) is 6.52. The fourth-order valence-electron chi connectivity index (χ4n) is 5.86. The predicted octanol–water partition coefficient (Wildman–Crippen LogP) is 4.46. The van der Waals surface area contributed by atoms with Crippen LogP contribution in [0, 0.1) is 23.6 Å². The van der Waals surface area contributed by atoms with Crippen LogP contribution in [0.15, 0.2) is 28.8 Å². The fraction of sp³-hybridized carbons (Fsp3) is 0.600. The van der Waals surface area contributed by atoms with E-state index in [1.807, 2.05) is 12.1 Å². The van der Waals surface area contributed by atoms with Gasteiger partial charge in [0.15, 0.2) is 5.82 Å². The molecule has 24 heavy (non-hydrogen) atoms. The Balaban J connectivity index is 1.31. The first-order valence-corrected chi connectivity index (χ1v) is 9.26. The van der Waals surface area contributed by atoms with E-state index in [1.165, 1.54) is 50.7 Å². The van der Waals surface area contributed by atoms with Gasteiger partial charge in [0.1, 0.15) is 5.82 Å². The molecule has 4 fully saturated rings. The Morgan fingerprint density at radius 1 is 0.958 bits per heavy atom. The number of hydrogen-bond donors (Lipinski definition) is 0. The second kappa shape index (κ2) is 5.40. The summed E-state index contributed by atoms with van der Waals surface area (Å²) in [5, 5.41) is 4.39. The van der Waals surface area contributed by atoms with Gasteiger partial charge >= 0.3 is 0 Å². The van der Waals surface area contributed by atoms with Crippen molar-refractivity contribution in [2.45, 2.75) is 56.8 Å². The minimum Gasteiger partial charge on any atom is -0.339 e. The van der Waals surface area contributed by atoms with Crippen LogP contribution >= 0.6 is 0 Å². The molecule has 1 aromatic carbocycles. The lowest BCUT2D eigenvalue weighted by Crippen LogP contribution is -2.49. The molecule has 0 amide bonds. The largest absolute Gasteiger partial charge is 0.339 e. The van der Waals surface area contributed by atoms with Gasteiger partial charge in [0.05, 0.1) is 0 Å². The molecular weight excluding hydrogens is 303 g/mol. The van der Waals surface area contributed by atoms with Crippen molar-refractivity contribution < 1.29 is 8.91 Å². The van der Waals surface area contributed by atoms with Crippen LogP contribution in [0.5, 0.6) is 0 Å². The maximum atomic E-state index is 13.0. The lowest BCUT2D eigenvalue weighted by molar-refractivity contribution is -0.0103. The SMILES string of the molecule is Fc1ccc(CCc2nc(C34CC5CC(CC(C5)C3)C4)no2)cc1. The van der Waals surface area contributed by atoms with Crippen LogP contribution in [0.25, 0.3) is 0 Å². The summed E-state index contributed by atoms with van der Waals surface area (Å²) in [7, 11) is 0. The van der Waals surface area contributed by atoms with Crippen molar-refractivity contribution >= 4 is 0 Å². The van der Waals surface area contributed by atoms with E-state index in [-0.39, 0.29) is 11.2 Å². The number of hydrogen-bond acceptors (Lipinski definition) is 3. The summed E-state index contributed by atoms with van der Waals surface area (Å²) >= 11 is 0. The minimum absolute atomic E-state index is 0.194. The molecule has 126 valence electrons. The van der Waals surface area contributed by atoms with Crippen LogP contribution in [0.3, 0.4) is 0 Å². The van der Waals surface area contributed by atoms with Gasteiger partial charge in [-0.3, -0.25) is 0 Å². The summed E-state index contributed by atoms with van der Waals surface area (Å²) in [6.07, 6.45) is 9.59. The van der Waals surface area contributed by atoms with Gasteiger partial charge in [-0.2, -0.15) is 4.98 Å². The van der Waals surface area contributed by atoms with Gasteiger partial charge in [-0.05, 0) is 80.4 Å². The average molecular weight is 326 g/mol. The van der Waals surface area contributed by atoms with Crippen molar-refractivity contribution in [3.8, 4) is 0 Å². The van der Waals surface area contributed by atoms with Crippen molar-refractivity contribution in [1.29, 1.82) is 0 Å². The normalized spacial score (nSPS) is 34.0. The van der Waals surface area contributed by atoms with Gasteiger partial charge in [0.25, 0.3) is 0 Å². The van der Waals surface area contributed by atoms with Gasteiger partial charge in [-0.25, -0.2) is 4.39 Å². The van der Waals surface area contributed by atoms with Crippen molar-refractivity contribution in [1.82, 2.24) is 10.1 Å². The summed E-state index contributed by atoms with van der Waals surface area (Å²) in [6, 6.07) is 6.66. The molecule has 4 aliphatic carbocycles. The van der Waals surface area contributed by atoms with E-state index in [0.717, 1.165) is 47.9 Å². The first-order valence-electron chi connectivity index (χ1n) is 9.26. The van der Waals surface area contributed by atoms with Crippen LogP contribution in [-0.2, 0) is 18.3 Å². The Kier molecular flexibility index (Phi) is 3.29. The second-order valence-electron chi connectivity index (χ2n) is 8.34. The maximum absolute atomic E-state index is 13.0. The lowest BCUT2D eigenvalue weighted by atomic mass is 9.49. The summed E-state index contributed by atoms with van der Waals surface area (Å²) in [5.41, 5.74) is 1.30. The highest BCUT2D eigenvalue weighted by molar-refractivity contribution is 5.18. The van der Waals surface area contributed by atoms with E-state index >= 15 is 0 Å². The Bertz CT molecular complexity index is 701. The standard InChI is InChI=1S/C20H23FN2O/c21-17-4-1-13(2-5-17)3-6-18-22-19(23-24-18)20-10-14-7-15(11-20)9-16(8-14)12-20/h1-2,4-5,14-16H,3,6-12H2. The highest BCUT2D eigenvalue weighted by Crippen LogP contribution is 2.60. The molecule has 2 aromatic rings. The third kappa shape index (κ3) is 2.47. The van der Waals surface area contributed by atoms with E-state index in [9.17, 15) is 4.39 Å². The Morgan fingerprint density at radius 2 is 1.58 bits per heavy atom. The molecule has 6 rings (SSSR count). The first-order chi connectivity index (χ1) is 11.7. The molecule has 0 radical (unpaired) electrons. The van der Waals surface area contributed by atoms with Crippen LogP contribution in [-0.4, -0.2) is 10.1 Å². The molecule has 4 heteroatoms. The molecule has 4 bridgehead atoms. The number of nitrogens with zero attached hydrogens (tertiary/aromatic N) is 2. The fourth-order valence-corrected chi connectivity index (χ4v) is 5.86. The molecular formula is C20H23FN2O. The van der Waals surface area contributed by atoms with Crippen LogP contribution in [0.1, 0.15) is 55.8 Å². The van der Waals surface area contributed by atoms with Crippen molar-refractivity contribution in [3.05, 3.63) is 47.4 Å². The molecule has 0 N–H and O–H groups in total. The van der Waals surface area contributed by atoms with E-state index in [2.05, 4.69) is 5.16 Å². The minimum atomic E-state index is -0.194. The van der Waals surface area contributed by atoms with Gasteiger partial charge in [0.2, 0.25) is 5.89 Å². The first kappa shape index (κ1) is 14.6. The molecule has 3 nitrogen and oxygen atoms in total. The highest BCUT2D eigenvalue weighted by Gasteiger charge is 2.53. The quantitative estimate of drug-likeness (QED) is 0.832. The zero-order chi connectivity index (χ0) is 16.1. The topological polar surface area (TPSA) is 38.9 Å². The Hall–Kier alpha value is -1.71. The molecule has 1 aromatic heterocycles. The second-order valence-corrected chi connectivity index (χ2v) is 8.34. The third-order valence-electron chi connectivity index (χ3n) is 6.52. The zero-order valence-electron chi connectivity index (χ0n) is 13.9. The predicted molar refractivity (Wildman–Crippen MR) is 88.0 cm³/mol. The Labute approximate surface area is 141 Å². The highest BCUT2D eigenvalue weighted by atomic mass is 19.1. The molecule has 0 atom stereocenters. The van der Waals surface area contributed by atoms with Crippen molar-refractivity contribution in [3.63, 3.8) is 0 Å². The molecule has 0 spiro atoms. The van der Waals surface area contributed by atoms with E-state index in [0.29, 0.717) is 0 Å². The van der Waals surface area contributed by atoms with Gasteiger partial charge in [0, 0.05) is 11.8 Å². The van der Waals surface area contributed by atoms with E-state index in [1.54, 1.807) is 0 Å². The van der Waals surface area contributed by atoms with E-state index in [4.69, 9.17) is 9.51 Å². The molecule has 1 heterocycles. The van der Waals surface area contributed by atoms with Crippen molar-refractivity contribution in [2.75, 3.05) is 0 Å². The number of halogens is 1. The van der Waals surface area contributed by atoms with Gasteiger partial charge in [-0.1, -0.05) is 17.3 Å². The number of rotatable bonds is 4. The summed E-state index contributed by atoms with van der Waals surface area (Å²) in [6.45, 7) is 0.